The Labute approximate surface area is 130 Å². The van der Waals surface area contributed by atoms with E-state index < -0.39 is 0 Å². The van der Waals surface area contributed by atoms with E-state index in [-0.39, 0.29) is 5.82 Å². The molecule has 1 fully saturated rings. The summed E-state index contributed by atoms with van der Waals surface area (Å²) < 4.78 is 21.7. The van der Waals surface area contributed by atoms with Gasteiger partial charge in [-0.2, -0.15) is 0 Å². The number of hydrogen-bond acceptors (Lipinski definition) is 2. The van der Waals surface area contributed by atoms with Crippen molar-refractivity contribution in [3.05, 3.63) is 28.2 Å². The second-order valence-electron chi connectivity index (χ2n) is 5.06. The molecule has 108 valence electrons. The quantitative estimate of drug-likeness (QED) is 0.775. The number of benzene rings is 1. The van der Waals surface area contributed by atoms with Gasteiger partial charge in [-0.3, -0.25) is 0 Å². The number of imidazole rings is 1. The molecule has 1 aromatic heterocycles. The fourth-order valence-electron chi connectivity index (χ4n) is 2.63. The largest absolute Gasteiger partial charge is 0.381 e. The summed E-state index contributed by atoms with van der Waals surface area (Å²) in [6.45, 7) is 2.38. The number of rotatable bonds is 4. The Kier molecular flexibility index (Phi) is 4.29. The van der Waals surface area contributed by atoms with Crippen molar-refractivity contribution in [2.24, 2.45) is 5.92 Å². The first-order chi connectivity index (χ1) is 9.69. The summed E-state index contributed by atoms with van der Waals surface area (Å²) in [6.07, 6.45) is 1.72. The molecule has 20 heavy (non-hydrogen) atoms. The molecule has 0 bridgehead atoms. The highest BCUT2D eigenvalue weighted by Gasteiger charge is 2.20. The van der Waals surface area contributed by atoms with Crippen LogP contribution in [0.15, 0.2) is 16.6 Å². The first-order valence-corrected chi connectivity index (χ1v) is 7.99. The zero-order valence-electron chi connectivity index (χ0n) is 10.9. The van der Waals surface area contributed by atoms with Gasteiger partial charge in [-0.1, -0.05) is 0 Å². The number of ether oxygens (including phenoxy) is 1. The van der Waals surface area contributed by atoms with Gasteiger partial charge < -0.3 is 9.30 Å². The minimum absolute atomic E-state index is 0.265. The number of nitrogens with zero attached hydrogens (tertiary/aromatic N) is 2. The highest BCUT2D eigenvalue weighted by atomic mass is 79.9. The first kappa shape index (κ1) is 14.3. The standard InChI is InChI=1S/C14H15BrClFN2O/c15-10-5-12-13(6-11(10)17)19(14(18-12)1-3-16)7-9-2-4-20-8-9/h5-6,9H,1-4,7-8H2. The van der Waals surface area contributed by atoms with Crippen molar-refractivity contribution in [2.45, 2.75) is 19.4 Å². The van der Waals surface area contributed by atoms with Crippen LogP contribution in [0.25, 0.3) is 11.0 Å². The van der Waals surface area contributed by atoms with Crippen molar-refractivity contribution in [3.8, 4) is 0 Å². The maximum Gasteiger partial charge on any atom is 0.139 e. The average Bonchev–Trinajstić information content (AvgIpc) is 3.02. The lowest BCUT2D eigenvalue weighted by atomic mass is 10.1. The molecule has 1 unspecified atom stereocenters. The summed E-state index contributed by atoms with van der Waals surface area (Å²) >= 11 is 9.06. The van der Waals surface area contributed by atoms with Crippen molar-refractivity contribution in [1.82, 2.24) is 9.55 Å². The highest BCUT2D eigenvalue weighted by molar-refractivity contribution is 9.10. The number of hydrogen-bond donors (Lipinski definition) is 0. The molecule has 2 heterocycles. The van der Waals surface area contributed by atoms with Gasteiger partial charge in [-0.25, -0.2) is 9.37 Å². The zero-order chi connectivity index (χ0) is 14.1. The van der Waals surface area contributed by atoms with Gasteiger partial charge in [0.15, 0.2) is 0 Å². The molecule has 0 spiro atoms. The first-order valence-electron chi connectivity index (χ1n) is 6.67. The number of halogens is 3. The van der Waals surface area contributed by atoms with Crippen LogP contribution in [0.5, 0.6) is 0 Å². The van der Waals surface area contributed by atoms with E-state index in [4.69, 9.17) is 16.3 Å². The van der Waals surface area contributed by atoms with Crippen molar-refractivity contribution in [1.29, 1.82) is 0 Å². The monoisotopic (exact) mass is 360 g/mol. The molecule has 3 rings (SSSR count). The van der Waals surface area contributed by atoms with Crippen LogP contribution in [0.3, 0.4) is 0 Å². The van der Waals surface area contributed by atoms with Crippen molar-refractivity contribution in [3.63, 3.8) is 0 Å². The van der Waals surface area contributed by atoms with Gasteiger partial charge >= 0.3 is 0 Å². The Hall–Kier alpha value is -0.650. The third kappa shape index (κ3) is 2.71. The molecule has 0 N–H and O–H groups in total. The lowest BCUT2D eigenvalue weighted by Crippen LogP contribution is -2.13. The molecular weight excluding hydrogens is 347 g/mol. The zero-order valence-corrected chi connectivity index (χ0v) is 13.3. The summed E-state index contributed by atoms with van der Waals surface area (Å²) in [4.78, 5) is 4.59. The Morgan fingerprint density at radius 2 is 2.35 bits per heavy atom. The molecule has 0 aliphatic carbocycles. The maximum absolute atomic E-state index is 13.8. The molecule has 0 amide bonds. The Balaban J connectivity index is 2.04. The van der Waals surface area contributed by atoms with E-state index in [0.717, 1.165) is 43.0 Å². The predicted molar refractivity (Wildman–Crippen MR) is 80.7 cm³/mol. The van der Waals surface area contributed by atoms with Gasteiger partial charge in [0.25, 0.3) is 0 Å². The Bertz CT molecular complexity index is 625. The fourth-order valence-corrected chi connectivity index (χ4v) is 3.13. The van der Waals surface area contributed by atoms with Crippen LogP contribution in [0.1, 0.15) is 12.2 Å². The van der Waals surface area contributed by atoms with E-state index in [2.05, 4.69) is 25.5 Å². The average molecular weight is 362 g/mol. The lowest BCUT2D eigenvalue weighted by molar-refractivity contribution is 0.182. The van der Waals surface area contributed by atoms with Gasteiger partial charge in [-0.05, 0) is 28.4 Å². The SMILES string of the molecule is Fc1cc2c(cc1Br)nc(CCCl)n2CC1CCOC1. The second kappa shape index (κ2) is 6.00. The third-order valence-corrected chi connectivity index (χ3v) is 4.45. The maximum atomic E-state index is 13.8. The fraction of sp³-hybridized carbons (Fsp3) is 0.500. The molecule has 1 atom stereocenters. The molecule has 3 nitrogen and oxygen atoms in total. The topological polar surface area (TPSA) is 27.1 Å². The van der Waals surface area contributed by atoms with E-state index in [0.29, 0.717) is 22.7 Å². The van der Waals surface area contributed by atoms with E-state index in [1.165, 1.54) is 0 Å². The molecule has 6 heteroatoms. The van der Waals surface area contributed by atoms with E-state index in [1.54, 1.807) is 12.1 Å². The van der Waals surface area contributed by atoms with Crippen LogP contribution in [-0.4, -0.2) is 28.6 Å². The minimum atomic E-state index is -0.265. The predicted octanol–water partition coefficient (Wildman–Crippen LogP) is 3.76. The summed E-state index contributed by atoms with van der Waals surface area (Å²) in [6, 6.07) is 3.27. The molecule has 2 aromatic rings. The van der Waals surface area contributed by atoms with Crippen LogP contribution in [0, 0.1) is 11.7 Å². The van der Waals surface area contributed by atoms with Crippen molar-refractivity contribution < 1.29 is 9.13 Å². The number of fused-ring (bicyclic) bond motifs is 1. The number of aryl methyl sites for hydroxylation is 1. The summed E-state index contributed by atoms with van der Waals surface area (Å²) in [5.74, 6) is 1.63. The highest BCUT2D eigenvalue weighted by Crippen LogP contribution is 2.26. The molecular formula is C14H15BrClFN2O. The van der Waals surface area contributed by atoms with Gasteiger partial charge in [0.05, 0.1) is 22.1 Å². The number of aromatic nitrogens is 2. The molecule has 1 aromatic carbocycles. The smallest absolute Gasteiger partial charge is 0.139 e. The van der Waals surface area contributed by atoms with Crippen molar-refractivity contribution >= 4 is 38.6 Å². The Morgan fingerprint density at radius 1 is 1.50 bits per heavy atom. The lowest BCUT2D eigenvalue weighted by Gasteiger charge is -2.13. The summed E-state index contributed by atoms with van der Waals surface area (Å²) in [5.41, 5.74) is 1.63. The summed E-state index contributed by atoms with van der Waals surface area (Å²) in [5, 5.41) is 0. The van der Waals surface area contributed by atoms with Crippen LogP contribution in [0.4, 0.5) is 4.39 Å². The van der Waals surface area contributed by atoms with Crippen LogP contribution in [-0.2, 0) is 17.7 Å². The van der Waals surface area contributed by atoms with Crippen LogP contribution in [0.2, 0.25) is 0 Å². The summed E-state index contributed by atoms with van der Waals surface area (Å²) in [7, 11) is 0. The van der Waals surface area contributed by atoms with Gasteiger partial charge in [0, 0.05) is 37.4 Å². The molecule has 1 aliphatic heterocycles. The minimum Gasteiger partial charge on any atom is -0.381 e. The van der Waals surface area contributed by atoms with Crippen molar-refractivity contribution in [2.75, 3.05) is 19.1 Å². The number of alkyl halides is 1. The van der Waals surface area contributed by atoms with E-state index in [1.807, 2.05) is 0 Å². The normalized spacial score (nSPS) is 19.1. The molecule has 0 saturated carbocycles. The van der Waals surface area contributed by atoms with E-state index in [9.17, 15) is 4.39 Å². The van der Waals surface area contributed by atoms with Crippen LogP contribution < -0.4 is 0 Å². The molecule has 1 aliphatic rings. The van der Waals surface area contributed by atoms with Gasteiger partial charge in [0.1, 0.15) is 11.6 Å². The molecule has 0 radical (unpaired) electrons. The molecule has 1 saturated heterocycles. The van der Waals surface area contributed by atoms with Gasteiger partial charge in [0.2, 0.25) is 0 Å². The van der Waals surface area contributed by atoms with E-state index >= 15 is 0 Å². The Morgan fingerprint density at radius 3 is 3.05 bits per heavy atom. The second-order valence-corrected chi connectivity index (χ2v) is 6.29. The third-order valence-electron chi connectivity index (χ3n) is 3.65. The van der Waals surface area contributed by atoms with Crippen LogP contribution >= 0.6 is 27.5 Å². The van der Waals surface area contributed by atoms with Gasteiger partial charge in [-0.15, -0.1) is 11.6 Å².